The Hall–Kier alpha value is -2.55. The van der Waals surface area contributed by atoms with E-state index in [9.17, 15) is 9.90 Å². The van der Waals surface area contributed by atoms with Gasteiger partial charge in [-0.3, -0.25) is 0 Å². The number of ether oxygens (including phenoxy) is 1. The van der Waals surface area contributed by atoms with Crippen molar-refractivity contribution in [3.05, 3.63) is 60.7 Å². The summed E-state index contributed by atoms with van der Waals surface area (Å²) in [6.45, 7) is 5.06. The zero-order valence-corrected chi connectivity index (χ0v) is 10.6. The third-order valence-electron chi connectivity index (χ3n) is 2.63. The van der Waals surface area contributed by atoms with Gasteiger partial charge in [-0.15, -0.1) is 0 Å². The van der Waals surface area contributed by atoms with Crippen molar-refractivity contribution in [1.29, 1.82) is 0 Å². The van der Waals surface area contributed by atoms with Gasteiger partial charge in [-0.25, -0.2) is 4.79 Å². The zero-order chi connectivity index (χ0) is 13.8. The van der Waals surface area contributed by atoms with Gasteiger partial charge < -0.3 is 9.84 Å². The van der Waals surface area contributed by atoms with Gasteiger partial charge in [0.1, 0.15) is 0 Å². The molecule has 19 heavy (non-hydrogen) atoms. The summed E-state index contributed by atoms with van der Waals surface area (Å²) in [5.74, 6) is -0.474. The van der Waals surface area contributed by atoms with Gasteiger partial charge in [-0.05, 0) is 18.6 Å². The normalized spacial score (nSPS) is 9.95. The van der Waals surface area contributed by atoms with Crippen LogP contribution in [0.5, 0.6) is 11.5 Å². The lowest BCUT2D eigenvalue weighted by atomic mass is 10.0. The van der Waals surface area contributed by atoms with Crippen LogP contribution < -0.4 is 4.74 Å². The average Bonchev–Trinajstić information content (AvgIpc) is 2.42. The van der Waals surface area contributed by atoms with Crippen molar-refractivity contribution in [3.63, 3.8) is 0 Å². The summed E-state index contributed by atoms with van der Waals surface area (Å²) in [5, 5.41) is 10.2. The lowest BCUT2D eigenvalue weighted by Gasteiger charge is -2.10. The maximum atomic E-state index is 11.5. The third-order valence-corrected chi connectivity index (χ3v) is 2.63. The molecule has 3 heteroatoms. The highest BCUT2D eigenvalue weighted by atomic mass is 16.5. The Morgan fingerprint density at radius 2 is 1.79 bits per heavy atom. The average molecular weight is 254 g/mol. The first-order valence-electron chi connectivity index (χ1n) is 5.84. The molecule has 0 saturated heterocycles. The number of rotatable bonds is 3. The highest BCUT2D eigenvalue weighted by molar-refractivity contribution is 5.89. The zero-order valence-electron chi connectivity index (χ0n) is 10.6. The summed E-state index contributed by atoms with van der Waals surface area (Å²) in [4.78, 5) is 11.5. The molecule has 2 aromatic carbocycles. The summed E-state index contributed by atoms with van der Waals surface area (Å²) in [5.41, 5.74) is 1.75. The van der Waals surface area contributed by atoms with E-state index < -0.39 is 5.97 Å². The molecule has 0 aromatic heterocycles. The van der Waals surface area contributed by atoms with E-state index in [1.807, 2.05) is 30.3 Å². The lowest BCUT2D eigenvalue weighted by Crippen LogP contribution is -2.08. The first-order valence-corrected chi connectivity index (χ1v) is 5.84. The SMILES string of the molecule is C=C(C)C(=O)Oc1cccc(-c2ccccc2)c1O. The van der Waals surface area contributed by atoms with Crippen molar-refractivity contribution < 1.29 is 14.6 Å². The van der Waals surface area contributed by atoms with E-state index in [1.54, 1.807) is 25.1 Å². The van der Waals surface area contributed by atoms with Crippen LogP contribution in [0.15, 0.2) is 60.7 Å². The van der Waals surface area contributed by atoms with Crippen LogP contribution in [0, 0.1) is 0 Å². The Morgan fingerprint density at radius 3 is 2.42 bits per heavy atom. The van der Waals surface area contributed by atoms with Crippen molar-refractivity contribution in [2.75, 3.05) is 0 Å². The van der Waals surface area contributed by atoms with E-state index >= 15 is 0 Å². The van der Waals surface area contributed by atoms with Crippen molar-refractivity contribution in [3.8, 4) is 22.6 Å². The van der Waals surface area contributed by atoms with E-state index in [2.05, 4.69) is 6.58 Å². The van der Waals surface area contributed by atoms with Gasteiger partial charge in [-0.1, -0.05) is 49.0 Å². The second-order valence-electron chi connectivity index (χ2n) is 4.19. The number of aromatic hydroxyl groups is 1. The first kappa shape index (κ1) is 12.9. The maximum absolute atomic E-state index is 11.5. The number of para-hydroxylation sites is 1. The topological polar surface area (TPSA) is 46.5 Å². The summed E-state index contributed by atoms with van der Waals surface area (Å²) < 4.78 is 5.08. The molecule has 0 bridgehead atoms. The molecule has 0 heterocycles. The molecule has 3 nitrogen and oxygen atoms in total. The maximum Gasteiger partial charge on any atom is 0.338 e. The van der Waals surface area contributed by atoms with Crippen molar-refractivity contribution in [2.45, 2.75) is 6.92 Å². The number of hydrogen-bond acceptors (Lipinski definition) is 3. The number of carbonyl (C=O) groups excluding carboxylic acids is 1. The van der Waals surface area contributed by atoms with Crippen LogP contribution in [0.3, 0.4) is 0 Å². The van der Waals surface area contributed by atoms with Crippen LogP contribution in [-0.4, -0.2) is 11.1 Å². The number of phenols is 1. The summed E-state index contributed by atoms with van der Waals surface area (Å²) in [7, 11) is 0. The Balaban J connectivity index is 2.39. The standard InChI is InChI=1S/C16H14O3/c1-11(2)16(18)19-14-10-6-9-13(15(14)17)12-7-4-3-5-8-12/h3-10,17H,1H2,2H3. The minimum absolute atomic E-state index is 0.0525. The molecule has 0 atom stereocenters. The predicted molar refractivity (Wildman–Crippen MR) is 74.0 cm³/mol. The molecule has 0 aliphatic rings. The second kappa shape index (κ2) is 5.40. The molecule has 0 aliphatic heterocycles. The van der Waals surface area contributed by atoms with Gasteiger partial charge in [-0.2, -0.15) is 0 Å². The molecule has 0 radical (unpaired) electrons. The Kier molecular flexibility index (Phi) is 3.66. The summed E-state index contributed by atoms with van der Waals surface area (Å²) >= 11 is 0. The molecule has 96 valence electrons. The molecular formula is C16H14O3. The quantitative estimate of drug-likeness (QED) is 0.517. The Bertz CT molecular complexity index is 615. The molecular weight excluding hydrogens is 240 g/mol. The Morgan fingerprint density at radius 1 is 1.11 bits per heavy atom. The van der Waals surface area contributed by atoms with Crippen LogP contribution in [0.1, 0.15) is 6.92 Å². The fraction of sp³-hybridized carbons (Fsp3) is 0.0625. The van der Waals surface area contributed by atoms with E-state index in [0.29, 0.717) is 5.56 Å². The van der Waals surface area contributed by atoms with E-state index in [-0.39, 0.29) is 17.1 Å². The number of carbonyl (C=O) groups is 1. The van der Waals surface area contributed by atoms with Crippen molar-refractivity contribution in [2.24, 2.45) is 0 Å². The van der Waals surface area contributed by atoms with Gasteiger partial charge in [0.05, 0.1) is 0 Å². The first-order chi connectivity index (χ1) is 9.09. The van der Waals surface area contributed by atoms with E-state index in [0.717, 1.165) is 5.56 Å². The fourth-order valence-corrected chi connectivity index (χ4v) is 1.64. The van der Waals surface area contributed by atoms with Crippen molar-refractivity contribution in [1.82, 2.24) is 0 Å². The molecule has 0 fully saturated rings. The van der Waals surface area contributed by atoms with Gasteiger partial charge in [0, 0.05) is 11.1 Å². The van der Waals surface area contributed by atoms with Gasteiger partial charge in [0.2, 0.25) is 0 Å². The highest BCUT2D eigenvalue weighted by Gasteiger charge is 2.13. The molecule has 2 rings (SSSR count). The summed E-state index contributed by atoms with van der Waals surface area (Å²) in [6.07, 6.45) is 0. The minimum Gasteiger partial charge on any atom is -0.504 e. The largest absolute Gasteiger partial charge is 0.504 e. The van der Waals surface area contributed by atoms with Crippen LogP contribution in [0.25, 0.3) is 11.1 Å². The van der Waals surface area contributed by atoms with E-state index in [4.69, 9.17) is 4.74 Å². The lowest BCUT2D eigenvalue weighted by molar-refractivity contribution is -0.130. The van der Waals surface area contributed by atoms with Crippen LogP contribution >= 0.6 is 0 Å². The third kappa shape index (κ3) is 2.83. The highest BCUT2D eigenvalue weighted by Crippen LogP contribution is 2.36. The number of benzene rings is 2. The molecule has 1 N–H and O–H groups in total. The van der Waals surface area contributed by atoms with Crippen LogP contribution in [0.2, 0.25) is 0 Å². The predicted octanol–water partition coefficient (Wildman–Crippen LogP) is 3.54. The van der Waals surface area contributed by atoms with Crippen LogP contribution in [0.4, 0.5) is 0 Å². The Labute approximate surface area is 111 Å². The molecule has 0 aliphatic carbocycles. The smallest absolute Gasteiger partial charge is 0.338 e. The minimum atomic E-state index is -0.555. The number of hydrogen-bond donors (Lipinski definition) is 1. The van der Waals surface area contributed by atoms with Gasteiger partial charge in [0.25, 0.3) is 0 Å². The van der Waals surface area contributed by atoms with E-state index in [1.165, 1.54) is 0 Å². The number of esters is 1. The molecule has 0 unspecified atom stereocenters. The monoisotopic (exact) mass is 254 g/mol. The molecule has 0 saturated carbocycles. The van der Waals surface area contributed by atoms with Gasteiger partial charge in [0.15, 0.2) is 11.5 Å². The van der Waals surface area contributed by atoms with Crippen LogP contribution in [-0.2, 0) is 4.79 Å². The summed E-state index contributed by atoms with van der Waals surface area (Å²) in [6, 6.07) is 14.4. The molecule has 2 aromatic rings. The number of phenolic OH excluding ortho intramolecular Hbond substituents is 1. The van der Waals surface area contributed by atoms with Crippen molar-refractivity contribution >= 4 is 5.97 Å². The second-order valence-corrected chi connectivity index (χ2v) is 4.19. The fourth-order valence-electron chi connectivity index (χ4n) is 1.64. The van der Waals surface area contributed by atoms with Gasteiger partial charge >= 0.3 is 5.97 Å². The molecule has 0 spiro atoms. The molecule has 0 amide bonds.